The summed E-state index contributed by atoms with van der Waals surface area (Å²) in [5.41, 5.74) is 9.10. The van der Waals surface area contributed by atoms with Gasteiger partial charge in [0.1, 0.15) is 11.6 Å². The van der Waals surface area contributed by atoms with Crippen molar-refractivity contribution in [3.05, 3.63) is 46.4 Å². The van der Waals surface area contributed by atoms with E-state index in [2.05, 4.69) is 15.6 Å². The van der Waals surface area contributed by atoms with Crippen molar-refractivity contribution in [3.63, 3.8) is 0 Å². The Balaban J connectivity index is 2.46. The lowest BCUT2D eigenvalue weighted by molar-refractivity contribution is 0.561. The Hall–Kier alpha value is -1.63. The van der Waals surface area contributed by atoms with Crippen LogP contribution in [0, 0.1) is 5.82 Å². The highest BCUT2D eigenvalue weighted by Crippen LogP contribution is 2.27. The quantitative estimate of drug-likeness (QED) is 0.492. The Morgan fingerprint density at radius 3 is 2.71 bits per heavy atom. The van der Waals surface area contributed by atoms with Gasteiger partial charge in [-0.2, -0.15) is 5.10 Å². The van der Waals surface area contributed by atoms with E-state index in [9.17, 15) is 4.39 Å². The van der Waals surface area contributed by atoms with Crippen molar-refractivity contribution < 1.29 is 4.39 Å². The van der Waals surface area contributed by atoms with Crippen LogP contribution in [0.1, 0.15) is 17.2 Å². The highest BCUT2D eigenvalue weighted by Gasteiger charge is 2.20. The maximum atomic E-state index is 13.8. The number of nitrogens with zero attached hydrogens (tertiary/aromatic N) is 1. The fourth-order valence-corrected chi connectivity index (χ4v) is 1.78. The predicted molar refractivity (Wildman–Crippen MR) is 63.6 cm³/mol. The largest absolute Gasteiger partial charge is 0.384 e. The van der Waals surface area contributed by atoms with Crippen LogP contribution in [-0.4, -0.2) is 10.2 Å². The maximum Gasteiger partial charge on any atom is 0.129 e. The molecule has 1 unspecified atom stereocenters. The number of hydrogen-bond donors (Lipinski definition) is 4. The first-order valence-corrected chi connectivity index (χ1v) is 5.21. The maximum absolute atomic E-state index is 13.8. The molecule has 0 aliphatic heterocycles. The first-order valence-electron chi connectivity index (χ1n) is 4.83. The van der Waals surface area contributed by atoms with Crippen LogP contribution in [0.2, 0.25) is 5.02 Å². The van der Waals surface area contributed by atoms with Crippen LogP contribution in [0.15, 0.2) is 24.4 Å². The second-order valence-electron chi connectivity index (χ2n) is 3.50. The number of nitrogens with two attached hydrogens (primary N) is 2. The number of anilines is 1. The molecule has 0 amide bonds. The number of aromatic amines is 1. The van der Waals surface area contributed by atoms with E-state index in [1.54, 1.807) is 12.1 Å². The van der Waals surface area contributed by atoms with Crippen LogP contribution in [-0.2, 0) is 0 Å². The molecule has 5 nitrogen and oxygen atoms in total. The summed E-state index contributed by atoms with van der Waals surface area (Å²) in [6.07, 6.45) is 1.49. The third-order valence-corrected chi connectivity index (χ3v) is 2.69. The smallest absolute Gasteiger partial charge is 0.129 e. The normalized spacial score (nSPS) is 12.6. The van der Waals surface area contributed by atoms with Crippen LogP contribution in [0.5, 0.6) is 0 Å². The molecule has 0 aliphatic rings. The topological polar surface area (TPSA) is 92.7 Å². The van der Waals surface area contributed by atoms with Gasteiger partial charge >= 0.3 is 0 Å². The van der Waals surface area contributed by atoms with Crippen molar-refractivity contribution in [1.29, 1.82) is 0 Å². The number of nitrogen functional groups attached to an aromatic ring is 1. The number of aromatic nitrogens is 2. The van der Waals surface area contributed by atoms with E-state index >= 15 is 0 Å². The van der Waals surface area contributed by atoms with Crippen molar-refractivity contribution in [1.82, 2.24) is 15.6 Å². The molecule has 2 aromatic rings. The Morgan fingerprint density at radius 1 is 1.41 bits per heavy atom. The third-order valence-electron chi connectivity index (χ3n) is 2.45. The average molecular weight is 256 g/mol. The Morgan fingerprint density at radius 2 is 2.18 bits per heavy atom. The zero-order chi connectivity index (χ0) is 12.4. The van der Waals surface area contributed by atoms with E-state index in [0.717, 1.165) is 0 Å². The number of H-pyrrole nitrogens is 1. The minimum absolute atomic E-state index is 0.321. The standard InChI is InChI=1S/C10H11ClFN5/c11-5-1-2-6(8(12)3-5)9(16-14)7-4-15-17-10(7)13/h1-4,9,16H,14H2,(H3,13,15,17). The van der Waals surface area contributed by atoms with Gasteiger partial charge in [0.25, 0.3) is 0 Å². The molecule has 0 aliphatic carbocycles. The SMILES string of the molecule is NNC(c1ccc(Cl)cc1F)c1cn[nH]c1N. The van der Waals surface area contributed by atoms with Crippen molar-refractivity contribution in [2.45, 2.75) is 6.04 Å². The molecule has 0 bridgehead atoms. The average Bonchev–Trinajstić information content (AvgIpc) is 2.69. The highest BCUT2D eigenvalue weighted by molar-refractivity contribution is 6.30. The molecule has 1 heterocycles. The zero-order valence-corrected chi connectivity index (χ0v) is 9.50. The monoisotopic (exact) mass is 255 g/mol. The molecule has 2 rings (SSSR count). The molecule has 1 atom stereocenters. The van der Waals surface area contributed by atoms with Crippen LogP contribution >= 0.6 is 11.6 Å². The number of hydrogen-bond acceptors (Lipinski definition) is 4. The number of hydrazine groups is 1. The van der Waals surface area contributed by atoms with E-state index in [-0.39, 0.29) is 0 Å². The fourth-order valence-electron chi connectivity index (χ4n) is 1.62. The molecule has 1 aromatic heterocycles. The van der Waals surface area contributed by atoms with Gasteiger partial charge < -0.3 is 5.73 Å². The first kappa shape index (κ1) is 11.8. The Bertz CT molecular complexity index is 527. The molecule has 7 heteroatoms. The van der Waals surface area contributed by atoms with Gasteiger partial charge in [0.15, 0.2) is 0 Å². The lowest BCUT2D eigenvalue weighted by atomic mass is 10.0. The van der Waals surface area contributed by atoms with Crippen LogP contribution in [0.4, 0.5) is 10.2 Å². The number of halogens is 2. The predicted octanol–water partition coefficient (Wildman–Crippen LogP) is 1.34. The van der Waals surface area contributed by atoms with E-state index in [0.29, 0.717) is 22.0 Å². The summed E-state index contributed by atoms with van der Waals surface area (Å²) in [6.45, 7) is 0. The molecule has 0 spiro atoms. The fraction of sp³-hybridized carbons (Fsp3) is 0.100. The minimum Gasteiger partial charge on any atom is -0.384 e. The van der Waals surface area contributed by atoms with Gasteiger partial charge in [-0.25, -0.2) is 9.82 Å². The zero-order valence-electron chi connectivity index (χ0n) is 8.74. The summed E-state index contributed by atoms with van der Waals surface area (Å²) in [4.78, 5) is 0. The van der Waals surface area contributed by atoms with Gasteiger partial charge in [0, 0.05) is 16.1 Å². The van der Waals surface area contributed by atoms with Crippen LogP contribution in [0.25, 0.3) is 0 Å². The van der Waals surface area contributed by atoms with Gasteiger partial charge in [0.2, 0.25) is 0 Å². The molecule has 17 heavy (non-hydrogen) atoms. The minimum atomic E-state index is -0.578. The molecule has 0 radical (unpaired) electrons. The van der Waals surface area contributed by atoms with E-state index in [1.807, 2.05) is 0 Å². The number of rotatable bonds is 3. The van der Waals surface area contributed by atoms with Gasteiger partial charge in [-0.15, -0.1) is 0 Å². The van der Waals surface area contributed by atoms with Crippen molar-refractivity contribution in [2.75, 3.05) is 5.73 Å². The van der Waals surface area contributed by atoms with Crippen molar-refractivity contribution >= 4 is 17.4 Å². The van der Waals surface area contributed by atoms with Gasteiger partial charge in [-0.05, 0) is 12.1 Å². The van der Waals surface area contributed by atoms with Crippen molar-refractivity contribution in [2.24, 2.45) is 5.84 Å². The second-order valence-corrected chi connectivity index (χ2v) is 3.94. The molecule has 90 valence electrons. The summed E-state index contributed by atoms with van der Waals surface area (Å²) >= 11 is 5.69. The lowest BCUT2D eigenvalue weighted by Gasteiger charge is -2.16. The molecule has 0 saturated heterocycles. The van der Waals surface area contributed by atoms with Gasteiger partial charge in [0.05, 0.1) is 12.2 Å². The highest BCUT2D eigenvalue weighted by atomic mass is 35.5. The van der Waals surface area contributed by atoms with Crippen LogP contribution in [0.3, 0.4) is 0 Å². The lowest BCUT2D eigenvalue weighted by Crippen LogP contribution is -2.29. The summed E-state index contributed by atoms with van der Waals surface area (Å²) in [5, 5.41) is 6.66. The molecular weight excluding hydrogens is 245 g/mol. The molecule has 0 fully saturated rings. The number of nitrogens with one attached hydrogen (secondary N) is 2. The van der Waals surface area contributed by atoms with Crippen molar-refractivity contribution in [3.8, 4) is 0 Å². The molecule has 0 saturated carbocycles. The molecule has 1 aromatic carbocycles. The van der Waals surface area contributed by atoms with Gasteiger partial charge in [-0.1, -0.05) is 17.7 Å². The summed E-state index contributed by atoms with van der Waals surface area (Å²) in [7, 11) is 0. The summed E-state index contributed by atoms with van der Waals surface area (Å²) in [5.74, 6) is 5.30. The second kappa shape index (κ2) is 4.70. The Labute approximate surface area is 102 Å². The van der Waals surface area contributed by atoms with E-state index in [1.165, 1.54) is 12.3 Å². The van der Waals surface area contributed by atoms with Gasteiger partial charge in [-0.3, -0.25) is 10.9 Å². The third kappa shape index (κ3) is 2.23. The van der Waals surface area contributed by atoms with E-state index < -0.39 is 11.9 Å². The molecular formula is C10H11ClFN5. The van der Waals surface area contributed by atoms with Crippen LogP contribution < -0.4 is 17.0 Å². The molecule has 6 N–H and O–H groups in total. The first-order chi connectivity index (χ1) is 8.13. The number of benzene rings is 1. The van der Waals surface area contributed by atoms with E-state index in [4.69, 9.17) is 23.2 Å². The summed E-state index contributed by atoms with van der Waals surface area (Å²) < 4.78 is 13.8. The Kier molecular flexibility index (Phi) is 3.28. The summed E-state index contributed by atoms with van der Waals surface area (Å²) in [6, 6.07) is 3.78.